The largest absolute Gasteiger partial charge is 0.508 e. The van der Waals surface area contributed by atoms with E-state index in [-0.39, 0.29) is 63.4 Å². The Bertz CT molecular complexity index is 2310. The molecule has 0 radical (unpaired) electrons. The van der Waals surface area contributed by atoms with E-state index in [0.717, 1.165) is 22.1 Å². The van der Waals surface area contributed by atoms with Crippen molar-refractivity contribution >= 4 is 16.8 Å². The van der Waals surface area contributed by atoms with E-state index in [9.17, 15) is 40.5 Å². The summed E-state index contributed by atoms with van der Waals surface area (Å²) in [5.41, 5.74) is 4.85. The number of carbonyl (C=O) groups excluding carboxylic acids is 1. The van der Waals surface area contributed by atoms with Gasteiger partial charge in [-0.15, -0.1) is 0 Å². The molecule has 0 bridgehead atoms. The maximum absolute atomic E-state index is 14.8. The molecule has 7 N–H and O–H groups in total. The highest BCUT2D eigenvalue weighted by molar-refractivity contribution is 6.02. The van der Waals surface area contributed by atoms with Gasteiger partial charge in [-0.1, -0.05) is 41.0 Å². The maximum Gasteiger partial charge on any atom is 0.171 e. The van der Waals surface area contributed by atoms with Crippen LogP contribution in [0.5, 0.6) is 40.2 Å². The molecule has 0 unspecified atom stereocenters. The molecule has 0 saturated carbocycles. The molecule has 1 aliphatic carbocycles. The predicted molar refractivity (Wildman–Crippen MR) is 204 cm³/mol. The quantitative estimate of drug-likeness (QED) is 0.0579. The number of phenolic OH excluding ortho intramolecular Hbond substituents is 7. The van der Waals surface area contributed by atoms with Gasteiger partial charge in [-0.3, -0.25) is 4.79 Å². The summed E-state index contributed by atoms with van der Waals surface area (Å²) < 4.78 is 6.22. The number of hydrogen-bond acceptors (Lipinski definition) is 9. The molecule has 9 nitrogen and oxygen atoms in total. The smallest absolute Gasteiger partial charge is 0.171 e. The number of benzene rings is 4. The third-order valence-electron chi connectivity index (χ3n) is 10.0. The van der Waals surface area contributed by atoms with Gasteiger partial charge in [0.15, 0.2) is 5.78 Å². The first kappa shape index (κ1) is 36.7. The fraction of sp³-hybridized carbons (Fsp3) is 0.250. The molecule has 1 aliphatic rings. The second-order valence-electron chi connectivity index (χ2n) is 14.4. The average Bonchev–Trinajstić information content (AvgIpc) is 3.51. The van der Waals surface area contributed by atoms with Crippen molar-refractivity contribution in [3.05, 3.63) is 123 Å². The number of carbonyl (C=O) groups is 1. The van der Waals surface area contributed by atoms with Crippen LogP contribution in [0.15, 0.2) is 100 Å². The van der Waals surface area contributed by atoms with Crippen LogP contribution in [0.25, 0.3) is 22.3 Å². The molecule has 274 valence electrons. The normalized spacial score (nSPS) is 17.0. The Morgan fingerprint density at radius 1 is 0.736 bits per heavy atom. The van der Waals surface area contributed by atoms with E-state index < -0.39 is 23.5 Å². The minimum atomic E-state index is -1.07. The monoisotopic (exact) mass is 716 g/mol. The lowest BCUT2D eigenvalue weighted by Crippen LogP contribution is -2.31. The molecule has 4 aromatic carbocycles. The zero-order valence-electron chi connectivity index (χ0n) is 30.3. The summed E-state index contributed by atoms with van der Waals surface area (Å²) in [7, 11) is 0. The van der Waals surface area contributed by atoms with Crippen molar-refractivity contribution in [3.63, 3.8) is 0 Å². The number of Topliss-reactive ketones (excluding diaryl/α,β-unsaturated/α-hetero) is 1. The van der Waals surface area contributed by atoms with Gasteiger partial charge in [-0.2, -0.15) is 0 Å². The highest BCUT2D eigenvalue weighted by Crippen LogP contribution is 2.53. The van der Waals surface area contributed by atoms with Crippen molar-refractivity contribution in [2.24, 2.45) is 5.92 Å². The Kier molecular flexibility index (Phi) is 10.0. The Balaban J connectivity index is 1.49. The first-order valence-corrected chi connectivity index (χ1v) is 17.5. The maximum atomic E-state index is 14.8. The molecule has 6 rings (SSSR count). The van der Waals surface area contributed by atoms with Gasteiger partial charge in [0.1, 0.15) is 51.6 Å². The molecule has 53 heavy (non-hydrogen) atoms. The van der Waals surface area contributed by atoms with Crippen LogP contribution < -0.4 is 0 Å². The van der Waals surface area contributed by atoms with Crippen molar-refractivity contribution in [2.75, 3.05) is 0 Å². The van der Waals surface area contributed by atoms with Gasteiger partial charge in [-0.25, -0.2) is 0 Å². The van der Waals surface area contributed by atoms with Gasteiger partial charge in [-0.05, 0) is 108 Å². The van der Waals surface area contributed by atoms with Crippen LogP contribution in [0.2, 0.25) is 0 Å². The molecule has 0 amide bonds. The summed E-state index contributed by atoms with van der Waals surface area (Å²) in [6, 6.07) is 14.8. The van der Waals surface area contributed by atoms with E-state index in [2.05, 4.69) is 0 Å². The second kappa shape index (κ2) is 14.5. The van der Waals surface area contributed by atoms with Crippen LogP contribution in [0.3, 0.4) is 0 Å². The van der Waals surface area contributed by atoms with Gasteiger partial charge >= 0.3 is 0 Å². The minimum absolute atomic E-state index is 0.0591. The van der Waals surface area contributed by atoms with Crippen molar-refractivity contribution < 1.29 is 45.0 Å². The molecule has 0 spiro atoms. The number of aromatic hydroxyl groups is 7. The topological polar surface area (TPSA) is 172 Å². The standard InChI is InChI=1S/C44H44O9/c1-22(2)6-10-29-34(46)15-13-31(42(29)51)43(52)40-32(28-12-9-27(45)21-36(28)48)16-24(5)17-33(40)41-37(49)18-26(19-38(41)50)39-20-25-8-14-35(47)30(44(25)53-39)11-7-23(3)4/h6-9,12-15,17-21,32-33,40,45-51H,10-11,16H2,1-5H3/t32-,33-,40-/m1/s1. The molecule has 0 fully saturated rings. The van der Waals surface area contributed by atoms with Crippen molar-refractivity contribution in [2.45, 2.75) is 65.7 Å². The number of furan rings is 1. The molecular formula is C44H44O9. The number of phenols is 7. The average molecular weight is 717 g/mol. The van der Waals surface area contributed by atoms with Gasteiger partial charge in [0.25, 0.3) is 0 Å². The van der Waals surface area contributed by atoms with E-state index in [1.807, 2.05) is 46.8 Å². The molecule has 1 aromatic heterocycles. The molecule has 5 aromatic rings. The molecule has 0 saturated heterocycles. The Hall–Kier alpha value is -6.09. The van der Waals surface area contributed by atoms with E-state index in [0.29, 0.717) is 40.9 Å². The van der Waals surface area contributed by atoms with Crippen LogP contribution in [0.4, 0.5) is 0 Å². The number of allylic oxidation sites excluding steroid dienone is 6. The molecule has 3 atom stereocenters. The lowest BCUT2D eigenvalue weighted by atomic mass is 9.65. The summed E-state index contributed by atoms with van der Waals surface area (Å²) in [6.45, 7) is 9.54. The Labute approximate surface area is 307 Å². The summed E-state index contributed by atoms with van der Waals surface area (Å²) in [5.74, 6) is -4.40. The fourth-order valence-corrected chi connectivity index (χ4v) is 7.37. The zero-order valence-corrected chi connectivity index (χ0v) is 30.3. The lowest BCUT2D eigenvalue weighted by Gasteiger charge is -2.37. The first-order chi connectivity index (χ1) is 25.1. The number of rotatable bonds is 9. The van der Waals surface area contributed by atoms with Crippen LogP contribution in [-0.4, -0.2) is 41.5 Å². The summed E-state index contributed by atoms with van der Waals surface area (Å²) in [6.07, 6.45) is 6.54. The highest BCUT2D eigenvalue weighted by atomic mass is 16.3. The molecule has 1 heterocycles. The van der Waals surface area contributed by atoms with E-state index in [4.69, 9.17) is 4.42 Å². The molecule has 0 aliphatic heterocycles. The molecule has 9 heteroatoms. The van der Waals surface area contributed by atoms with Gasteiger partial charge < -0.3 is 40.2 Å². The minimum Gasteiger partial charge on any atom is -0.508 e. The molecular weight excluding hydrogens is 672 g/mol. The Morgan fingerprint density at radius 3 is 2.00 bits per heavy atom. The SMILES string of the molecule is CC(C)=CCc1c(O)ccc(C(=O)[C@@H]2[C@@H](c3ccc(O)cc3O)CC(C)=C[C@H]2c2c(O)cc(-c3cc4ccc(O)c(CC=C(C)C)c4o3)cc2O)c1O. The van der Waals surface area contributed by atoms with Crippen molar-refractivity contribution in [1.82, 2.24) is 0 Å². The van der Waals surface area contributed by atoms with E-state index >= 15 is 0 Å². The second-order valence-corrected chi connectivity index (χ2v) is 14.4. The van der Waals surface area contributed by atoms with Crippen molar-refractivity contribution in [1.29, 1.82) is 0 Å². The number of ketones is 1. The Morgan fingerprint density at radius 2 is 1.36 bits per heavy atom. The van der Waals surface area contributed by atoms with Crippen LogP contribution in [-0.2, 0) is 12.8 Å². The summed E-state index contributed by atoms with van der Waals surface area (Å²) in [4.78, 5) is 14.8. The third-order valence-corrected chi connectivity index (χ3v) is 10.0. The van der Waals surface area contributed by atoms with Crippen LogP contribution >= 0.6 is 0 Å². The number of fused-ring (bicyclic) bond motifs is 1. The van der Waals surface area contributed by atoms with Crippen LogP contribution in [0.1, 0.15) is 85.5 Å². The number of hydrogen-bond donors (Lipinski definition) is 7. The summed E-state index contributed by atoms with van der Waals surface area (Å²) >= 11 is 0. The lowest BCUT2D eigenvalue weighted by molar-refractivity contribution is 0.0876. The van der Waals surface area contributed by atoms with Gasteiger partial charge in [0.05, 0.1) is 5.56 Å². The predicted octanol–water partition coefficient (Wildman–Crippen LogP) is 9.77. The van der Waals surface area contributed by atoms with Crippen molar-refractivity contribution in [3.8, 4) is 51.6 Å². The van der Waals surface area contributed by atoms with Crippen LogP contribution in [0, 0.1) is 5.92 Å². The van der Waals surface area contributed by atoms with E-state index in [1.54, 1.807) is 24.3 Å². The summed E-state index contributed by atoms with van der Waals surface area (Å²) in [5, 5.41) is 77.9. The first-order valence-electron chi connectivity index (χ1n) is 17.5. The zero-order chi connectivity index (χ0) is 38.3. The fourth-order valence-electron chi connectivity index (χ4n) is 7.37. The third kappa shape index (κ3) is 7.20. The highest BCUT2D eigenvalue weighted by Gasteiger charge is 2.43. The van der Waals surface area contributed by atoms with Gasteiger partial charge in [0.2, 0.25) is 0 Å². The van der Waals surface area contributed by atoms with Gasteiger partial charge in [0, 0.05) is 51.5 Å². The van der Waals surface area contributed by atoms with E-state index in [1.165, 1.54) is 42.5 Å².